The number of carbonyl (C=O) groups excluding carboxylic acids is 3. The molecule has 2 rings (SSSR count). The van der Waals surface area contributed by atoms with Gasteiger partial charge in [-0.05, 0) is 12.5 Å². The molecule has 1 aliphatic heterocycles. The third-order valence-electron chi connectivity index (χ3n) is 3.96. The van der Waals surface area contributed by atoms with Crippen LogP contribution >= 0.6 is 0 Å². The largest absolute Gasteiger partial charge is 0.466 e. The molecule has 0 aliphatic carbocycles. The number of likely N-dealkylation sites (tertiary alicyclic amines) is 1. The first-order valence-corrected chi connectivity index (χ1v) is 8.32. The number of rotatable bonds is 8. The Kier molecular flexibility index (Phi) is 6.78. The van der Waals surface area contributed by atoms with Crippen molar-refractivity contribution in [1.29, 1.82) is 0 Å². The number of carbonyl (C=O) groups is 3. The molecule has 0 spiro atoms. The van der Waals surface area contributed by atoms with Crippen molar-refractivity contribution in [3.05, 3.63) is 35.9 Å². The van der Waals surface area contributed by atoms with Crippen molar-refractivity contribution in [2.24, 2.45) is 5.92 Å². The normalized spacial score (nSPS) is 17.0. The number of esters is 1. The number of nitrogens with zero attached hydrogens (tertiary/aromatic N) is 1. The fraction of sp³-hybridized carbons (Fsp3) is 0.500. The summed E-state index contributed by atoms with van der Waals surface area (Å²) in [5.41, 5.74) is 1.10. The van der Waals surface area contributed by atoms with Gasteiger partial charge in [0.15, 0.2) is 0 Å². The van der Waals surface area contributed by atoms with E-state index in [9.17, 15) is 14.4 Å². The molecule has 6 heteroatoms. The van der Waals surface area contributed by atoms with E-state index in [0.717, 1.165) is 5.56 Å². The van der Waals surface area contributed by atoms with Crippen LogP contribution in [-0.2, 0) is 25.7 Å². The maximum atomic E-state index is 12.1. The zero-order valence-corrected chi connectivity index (χ0v) is 14.0. The van der Waals surface area contributed by atoms with Gasteiger partial charge in [0.2, 0.25) is 11.8 Å². The van der Waals surface area contributed by atoms with Crippen LogP contribution in [0.3, 0.4) is 0 Å². The first-order chi connectivity index (χ1) is 11.6. The van der Waals surface area contributed by atoms with Crippen LogP contribution in [0.1, 0.15) is 31.7 Å². The average molecular weight is 332 g/mol. The quantitative estimate of drug-likeness (QED) is 0.732. The highest BCUT2D eigenvalue weighted by molar-refractivity contribution is 5.81. The third-order valence-corrected chi connectivity index (χ3v) is 3.96. The van der Waals surface area contributed by atoms with Crippen molar-refractivity contribution in [3.8, 4) is 0 Å². The second kappa shape index (κ2) is 9.05. The van der Waals surface area contributed by atoms with E-state index in [4.69, 9.17) is 4.74 Å². The van der Waals surface area contributed by atoms with Gasteiger partial charge in [0.05, 0.1) is 13.0 Å². The summed E-state index contributed by atoms with van der Waals surface area (Å²) in [6.07, 6.45) is 0.654. The fourth-order valence-corrected chi connectivity index (χ4v) is 2.74. The lowest BCUT2D eigenvalue weighted by atomic mass is 10.1. The molecule has 0 bridgehead atoms. The van der Waals surface area contributed by atoms with Crippen LogP contribution in [0.15, 0.2) is 30.3 Å². The molecular formula is C18H24N2O4. The van der Waals surface area contributed by atoms with Gasteiger partial charge in [-0.15, -0.1) is 0 Å². The van der Waals surface area contributed by atoms with Gasteiger partial charge in [0.1, 0.15) is 0 Å². The summed E-state index contributed by atoms with van der Waals surface area (Å²) in [7, 11) is 0. The first kappa shape index (κ1) is 18.0. The zero-order chi connectivity index (χ0) is 17.4. The minimum atomic E-state index is -0.363. The Labute approximate surface area is 142 Å². The number of benzene rings is 1. The molecule has 1 N–H and O–H groups in total. The van der Waals surface area contributed by atoms with Crippen LogP contribution in [0, 0.1) is 5.92 Å². The van der Waals surface area contributed by atoms with Crippen molar-refractivity contribution in [2.45, 2.75) is 32.7 Å². The van der Waals surface area contributed by atoms with Crippen LogP contribution in [0.4, 0.5) is 0 Å². The van der Waals surface area contributed by atoms with Gasteiger partial charge in [0, 0.05) is 38.4 Å². The number of hydrogen-bond donors (Lipinski definition) is 1. The van der Waals surface area contributed by atoms with E-state index in [0.29, 0.717) is 32.7 Å². The van der Waals surface area contributed by atoms with Gasteiger partial charge in [-0.25, -0.2) is 0 Å². The Morgan fingerprint density at radius 1 is 1.25 bits per heavy atom. The topological polar surface area (TPSA) is 75.7 Å². The van der Waals surface area contributed by atoms with Crippen LogP contribution in [0.2, 0.25) is 0 Å². The molecule has 6 nitrogen and oxygen atoms in total. The molecule has 1 heterocycles. The highest BCUT2D eigenvalue weighted by atomic mass is 16.5. The van der Waals surface area contributed by atoms with Crippen LogP contribution in [0.25, 0.3) is 0 Å². The molecular weight excluding hydrogens is 308 g/mol. The maximum absolute atomic E-state index is 12.1. The Bertz CT molecular complexity index is 574. The number of hydrogen-bond acceptors (Lipinski definition) is 4. The number of nitrogens with one attached hydrogen (secondary N) is 1. The second-order valence-corrected chi connectivity index (χ2v) is 5.94. The highest BCUT2D eigenvalue weighted by Crippen LogP contribution is 2.19. The smallest absolute Gasteiger partial charge is 0.306 e. The number of ether oxygens (including phenoxy) is 1. The van der Waals surface area contributed by atoms with Crippen molar-refractivity contribution in [2.75, 3.05) is 19.7 Å². The number of amides is 2. The molecule has 24 heavy (non-hydrogen) atoms. The van der Waals surface area contributed by atoms with E-state index in [1.54, 1.807) is 6.92 Å². The van der Waals surface area contributed by atoms with Gasteiger partial charge < -0.3 is 15.0 Å². The van der Waals surface area contributed by atoms with Crippen LogP contribution in [0.5, 0.6) is 0 Å². The molecule has 1 aliphatic rings. The summed E-state index contributed by atoms with van der Waals surface area (Å²) in [5.74, 6) is -0.313. The second-order valence-electron chi connectivity index (χ2n) is 5.94. The Morgan fingerprint density at radius 2 is 2.00 bits per heavy atom. The van der Waals surface area contributed by atoms with E-state index in [-0.39, 0.29) is 36.5 Å². The summed E-state index contributed by atoms with van der Waals surface area (Å²) >= 11 is 0. The molecule has 1 aromatic rings. The average Bonchev–Trinajstić information content (AvgIpc) is 2.92. The lowest BCUT2D eigenvalue weighted by molar-refractivity contribution is -0.144. The highest BCUT2D eigenvalue weighted by Gasteiger charge is 2.29. The minimum Gasteiger partial charge on any atom is -0.466 e. The molecule has 1 aromatic carbocycles. The molecule has 2 amide bonds. The standard InChI is InChI=1S/C18H24N2O4/c1-2-24-18(23)9-8-16(21)19-11-15-10-17(22)20(13-15)12-14-6-4-3-5-7-14/h3-7,15H,2,8-13H2,1H3,(H,19,21). The lowest BCUT2D eigenvalue weighted by Crippen LogP contribution is -2.31. The summed E-state index contributed by atoms with van der Waals surface area (Å²) in [5, 5.41) is 2.80. The van der Waals surface area contributed by atoms with Gasteiger partial charge in [-0.1, -0.05) is 30.3 Å². The Balaban J connectivity index is 1.70. The van der Waals surface area contributed by atoms with Crippen LogP contribution < -0.4 is 5.32 Å². The Morgan fingerprint density at radius 3 is 2.71 bits per heavy atom. The molecule has 1 fully saturated rings. The molecule has 0 saturated carbocycles. The third kappa shape index (κ3) is 5.68. The monoisotopic (exact) mass is 332 g/mol. The predicted molar refractivity (Wildman–Crippen MR) is 88.8 cm³/mol. The summed E-state index contributed by atoms with van der Waals surface area (Å²) < 4.78 is 4.78. The molecule has 1 atom stereocenters. The van der Waals surface area contributed by atoms with Crippen molar-refractivity contribution >= 4 is 17.8 Å². The van der Waals surface area contributed by atoms with Crippen LogP contribution in [-0.4, -0.2) is 42.4 Å². The van der Waals surface area contributed by atoms with Gasteiger partial charge >= 0.3 is 5.97 Å². The van der Waals surface area contributed by atoms with E-state index < -0.39 is 0 Å². The van der Waals surface area contributed by atoms with Gasteiger partial charge in [-0.3, -0.25) is 14.4 Å². The molecule has 0 aromatic heterocycles. The van der Waals surface area contributed by atoms with E-state index in [1.807, 2.05) is 35.2 Å². The molecule has 130 valence electrons. The first-order valence-electron chi connectivity index (χ1n) is 8.32. The summed E-state index contributed by atoms with van der Waals surface area (Å²) in [4.78, 5) is 36.9. The van der Waals surface area contributed by atoms with Gasteiger partial charge in [-0.2, -0.15) is 0 Å². The molecule has 0 radical (unpaired) electrons. The minimum absolute atomic E-state index is 0.0867. The van der Waals surface area contributed by atoms with Crippen molar-refractivity contribution in [3.63, 3.8) is 0 Å². The van der Waals surface area contributed by atoms with E-state index in [1.165, 1.54) is 0 Å². The van der Waals surface area contributed by atoms with E-state index >= 15 is 0 Å². The van der Waals surface area contributed by atoms with Crippen molar-refractivity contribution < 1.29 is 19.1 Å². The lowest BCUT2D eigenvalue weighted by Gasteiger charge is -2.17. The molecule has 1 unspecified atom stereocenters. The van der Waals surface area contributed by atoms with Gasteiger partial charge in [0.25, 0.3) is 0 Å². The SMILES string of the molecule is CCOC(=O)CCC(=O)NCC1CC(=O)N(Cc2ccccc2)C1. The Hall–Kier alpha value is -2.37. The van der Waals surface area contributed by atoms with Crippen molar-refractivity contribution in [1.82, 2.24) is 10.2 Å². The summed E-state index contributed by atoms with van der Waals surface area (Å²) in [6, 6.07) is 9.85. The maximum Gasteiger partial charge on any atom is 0.306 e. The summed E-state index contributed by atoms with van der Waals surface area (Å²) in [6.45, 7) is 3.76. The molecule has 1 saturated heterocycles. The zero-order valence-electron chi connectivity index (χ0n) is 14.0. The fourth-order valence-electron chi connectivity index (χ4n) is 2.74. The predicted octanol–water partition coefficient (Wildman–Crippen LogP) is 1.49. The van der Waals surface area contributed by atoms with E-state index in [2.05, 4.69) is 5.32 Å².